The third-order valence-corrected chi connectivity index (χ3v) is 6.00. The van der Waals surface area contributed by atoms with Crippen molar-refractivity contribution in [3.8, 4) is 28.3 Å². The molecule has 5 aromatic rings. The predicted octanol–water partition coefficient (Wildman–Crippen LogP) is 4.67. The number of fused-ring (bicyclic) bond motifs is 1. The van der Waals surface area contributed by atoms with Gasteiger partial charge in [-0.2, -0.15) is 5.26 Å². The van der Waals surface area contributed by atoms with Gasteiger partial charge >= 0.3 is 0 Å². The number of pyridine rings is 2. The minimum absolute atomic E-state index is 0.0934. The Kier molecular flexibility index (Phi) is 6.12. The number of nitrogens with zero attached hydrogens (tertiary/aromatic N) is 4. The molecule has 0 fully saturated rings. The van der Waals surface area contributed by atoms with E-state index in [1.807, 2.05) is 54.6 Å². The van der Waals surface area contributed by atoms with Gasteiger partial charge in [0, 0.05) is 18.3 Å². The molecule has 0 aliphatic rings. The van der Waals surface area contributed by atoms with Crippen LogP contribution in [0.25, 0.3) is 27.8 Å². The molecule has 36 heavy (non-hydrogen) atoms. The van der Waals surface area contributed by atoms with Crippen molar-refractivity contribution in [3.63, 3.8) is 0 Å². The van der Waals surface area contributed by atoms with Crippen LogP contribution >= 0.6 is 0 Å². The second kappa shape index (κ2) is 9.68. The molecule has 176 valence electrons. The van der Waals surface area contributed by atoms with Gasteiger partial charge in [0.25, 0.3) is 5.56 Å². The van der Waals surface area contributed by atoms with Gasteiger partial charge in [-0.25, -0.2) is 14.4 Å². The number of halogens is 1. The number of nitrogens with one attached hydrogen (secondary N) is 1. The summed E-state index contributed by atoms with van der Waals surface area (Å²) >= 11 is 0. The number of aromatic nitrogens is 3. The van der Waals surface area contributed by atoms with Crippen molar-refractivity contribution in [1.29, 1.82) is 5.26 Å². The number of hydrogen-bond donors (Lipinski definition) is 2. The quantitative estimate of drug-likeness (QED) is 0.369. The molecule has 0 bridgehead atoms. The molecule has 0 atom stereocenters. The van der Waals surface area contributed by atoms with E-state index in [1.165, 1.54) is 18.5 Å². The number of nitrogen functional groups attached to an aromatic ring is 1. The zero-order valence-electron chi connectivity index (χ0n) is 19.1. The van der Waals surface area contributed by atoms with Crippen LogP contribution in [0.4, 0.5) is 16.0 Å². The first-order chi connectivity index (χ1) is 17.6. The number of benzene rings is 2. The van der Waals surface area contributed by atoms with Gasteiger partial charge in [-0.15, -0.1) is 0 Å². The smallest absolute Gasteiger partial charge is 0.263 e. The van der Waals surface area contributed by atoms with Gasteiger partial charge in [-0.3, -0.25) is 9.20 Å². The molecule has 0 radical (unpaired) electrons. The molecule has 0 amide bonds. The third kappa shape index (κ3) is 4.14. The van der Waals surface area contributed by atoms with E-state index in [-0.39, 0.29) is 22.8 Å². The van der Waals surface area contributed by atoms with E-state index in [2.05, 4.69) is 15.3 Å². The molecule has 0 spiro atoms. The molecule has 2 aromatic carbocycles. The van der Waals surface area contributed by atoms with Gasteiger partial charge in [-0.1, -0.05) is 48.5 Å². The summed E-state index contributed by atoms with van der Waals surface area (Å²) in [5.74, 6) is 0.0797. The van der Waals surface area contributed by atoms with Crippen molar-refractivity contribution in [2.45, 2.75) is 6.42 Å². The fourth-order valence-electron chi connectivity index (χ4n) is 4.39. The van der Waals surface area contributed by atoms with Crippen molar-refractivity contribution in [2.75, 3.05) is 17.6 Å². The Labute approximate surface area is 206 Å². The number of hydrogen-bond acceptors (Lipinski definition) is 6. The molecule has 3 heterocycles. The normalized spacial score (nSPS) is 10.8. The van der Waals surface area contributed by atoms with Crippen LogP contribution in [0, 0.1) is 17.1 Å². The van der Waals surface area contributed by atoms with Gasteiger partial charge in [0.15, 0.2) is 0 Å². The molecule has 0 aliphatic carbocycles. The number of rotatable bonds is 6. The zero-order valence-corrected chi connectivity index (χ0v) is 19.1. The summed E-state index contributed by atoms with van der Waals surface area (Å²) in [6, 6.07) is 23.3. The lowest BCUT2D eigenvalue weighted by Gasteiger charge is -2.19. The van der Waals surface area contributed by atoms with Crippen LogP contribution in [0.15, 0.2) is 90.1 Å². The molecule has 8 heteroatoms. The van der Waals surface area contributed by atoms with Gasteiger partial charge in [0.1, 0.15) is 35.4 Å². The van der Waals surface area contributed by atoms with Crippen LogP contribution in [0.5, 0.6) is 0 Å². The molecule has 5 rings (SSSR count). The minimum Gasteiger partial charge on any atom is -0.382 e. The Balaban J connectivity index is 1.71. The summed E-state index contributed by atoms with van der Waals surface area (Å²) in [5, 5.41) is 12.6. The largest absolute Gasteiger partial charge is 0.382 e. The maximum atomic E-state index is 13.8. The summed E-state index contributed by atoms with van der Waals surface area (Å²) in [7, 11) is 0. The summed E-state index contributed by atoms with van der Waals surface area (Å²) < 4.78 is 15.4. The Morgan fingerprint density at radius 1 is 0.944 bits per heavy atom. The first-order valence-electron chi connectivity index (χ1n) is 11.3. The van der Waals surface area contributed by atoms with E-state index >= 15 is 0 Å². The van der Waals surface area contributed by atoms with Gasteiger partial charge in [0.2, 0.25) is 0 Å². The van der Waals surface area contributed by atoms with E-state index in [1.54, 1.807) is 22.7 Å². The highest BCUT2D eigenvalue weighted by atomic mass is 19.1. The second-order valence-electron chi connectivity index (χ2n) is 8.13. The molecule has 0 unspecified atom stereocenters. The first kappa shape index (κ1) is 22.7. The Hall–Kier alpha value is -5.03. The standard InChI is InChI=1S/C28H21FN6O/c29-20-11-9-19(10-12-20)24-21(13-14-32-27-22(16-30)26(31)33-17-34-27)25(18-6-2-1-3-7-18)28(36)35-15-5-4-8-23(24)35/h1-12,15,17H,13-14H2,(H3,31,32,33,34). The average Bonchev–Trinajstić information content (AvgIpc) is 2.90. The SMILES string of the molecule is N#Cc1c(N)ncnc1NCCc1c(-c2ccccc2)c(=O)n2ccccc2c1-c1ccc(F)cc1. The zero-order chi connectivity index (χ0) is 25.1. The number of nitriles is 1. The molecule has 0 aliphatic heterocycles. The molecular weight excluding hydrogens is 455 g/mol. The topological polar surface area (TPSA) is 109 Å². The Morgan fingerprint density at radius 2 is 1.67 bits per heavy atom. The van der Waals surface area contributed by atoms with E-state index < -0.39 is 0 Å². The van der Waals surface area contributed by atoms with Crippen molar-refractivity contribution < 1.29 is 4.39 Å². The van der Waals surface area contributed by atoms with E-state index in [9.17, 15) is 14.4 Å². The number of nitrogens with two attached hydrogens (primary N) is 1. The maximum Gasteiger partial charge on any atom is 0.263 e. The van der Waals surface area contributed by atoms with Crippen molar-refractivity contribution in [1.82, 2.24) is 14.4 Å². The van der Waals surface area contributed by atoms with Crippen LogP contribution < -0.4 is 16.6 Å². The lowest BCUT2D eigenvalue weighted by atomic mass is 9.90. The van der Waals surface area contributed by atoms with Gasteiger partial charge in [0.05, 0.1) is 11.1 Å². The Bertz CT molecular complexity index is 1660. The summed E-state index contributed by atoms with van der Waals surface area (Å²) in [6.07, 6.45) is 3.45. The monoisotopic (exact) mass is 476 g/mol. The lowest BCUT2D eigenvalue weighted by molar-refractivity contribution is 0.628. The Morgan fingerprint density at radius 3 is 2.42 bits per heavy atom. The highest BCUT2D eigenvalue weighted by molar-refractivity contribution is 5.88. The molecule has 3 aromatic heterocycles. The number of anilines is 2. The summed E-state index contributed by atoms with van der Waals surface area (Å²) in [4.78, 5) is 21.8. The van der Waals surface area contributed by atoms with E-state index in [0.29, 0.717) is 29.9 Å². The third-order valence-electron chi connectivity index (χ3n) is 6.00. The van der Waals surface area contributed by atoms with Crippen LogP contribution in [0.3, 0.4) is 0 Å². The highest BCUT2D eigenvalue weighted by Gasteiger charge is 2.20. The highest BCUT2D eigenvalue weighted by Crippen LogP contribution is 2.34. The fraction of sp³-hybridized carbons (Fsp3) is 0.0714. The van der Waals surface area contributed by atoms with E-state index in [4.69, 9.17) is 5.73 Å². The molecule has 0 saturated carbocycles. The first-order valence-corrected chi connectivity index (χ1v) is 11.3. The van der Waals surface area contributed by atoms with Gasteiger partial charge < -0.3 is 11.1 Å². The average molecular weight is 477 g/mol. The lowest BCUT2D eigenvalue weighted by Crippen LogP contribution is -2.21. The molecule has 7 nitrogen and oxygen atoms in total. The van der Waals surface area contributed by atoms with E-state index in [0.717, 1.165) is 22.3 Å². The van der Waals surface area contributed by atoms with Crippen molar-refractivity contribution in [2.24, 2.45) is 0 Å². The van der Waals surface area contributed by atoms with Crippen LogP contribution in [0.1, 0.15) is 11.1 Å². The summed E-state index contributed by atoms with van der Waals surface area (Å²) in [6.45, 7) is 0.363. The maximum absolute atomic E-state index is 13.8. The molecule has 3 N–H and O–H groups in total. The predicted molar refractivity (Wildman–Crippen MR) is 138 cm³/mol. The van der Waals surface area contributed by atoms with Crippen LogP contribution in [-0.2, 0) is 6.42 Å². The van der Waals surface area contributed by atoms with Crippen LogP contribution in [-0.4, -0.2) is 20.9 Å². The van der Waals surface area contributed by atoms with Crippen LogP contribution in [0.2, 0.25) is 0 Å². The van der Waals surface area contributed by atoms with Crippen molar-refractivity contribution >= 4 is 17.2 Å². The second-order valence-corrected chi connectivity index (χ2v) is 8.13. The van der Waals surface area contributed by atoms with Gasteiger partial charge in [-0.05, 0) is 47.4 Å². The fourth-order valence-corrected chi connectivity index (χ4v) is 4.39. The summed E-state index contributed by atoms with van der Waals surface area (Å²) in [5.41, 5.74) is 10.3. The molecular formula is C28H21FN6O. The minimum atomic E-state index is -0.340. The van der Waals surface area contributed by atoms with Crippen molar-refractivity contribution in [3.05, 3.63) is 113 Å². The molecule has 0 saturated heterocycles.